The Balaban J connectivity index is 1.51. The molecule has 1 heterocycles. The number of rotatable bonds is 4. The molecule has 8 nitrogen and oxygen atoms in total. The number of phenolic OH excluding ortho intramolecular Hbond substituents is 1. The van der Waals surface area contributed by atoms with Crippen molar-refractivity contribution in [1.29, 1.82) is 0 Å². The first-order valence-corrected chi connectivity index (χ1v) is 10.8. The van der Waals surface area contributed by atoms with Crippen LogP contribution in [0.15, 0.2) is 24.0 Å². The van der Waals surface area contributed by atoms with Crippen LogP contribution in [0.4, 0.5) is 0 Å². The fraction of sp³-hybridized carbons (Fsp3) is 0.565. The molecule has 0 aromatic heterocycles. The highest BCUT2D eigenvalue weighted by atomic mass is 16.6. The van der Waals surface area contributed by atoms with E-state index in [0.29, 0.717) is 18.6 Å². The third kappa shape index (κ3) is 2.61. The summed E-state index contributed by atoms with van der Waals surface area (Å²) in [6.45, 7) is 2.79. The minimum Gasteiger partial charge on any atom is -0.504 e. The molecule has 1 aromatic carbocycles. The van der Waals surface area contributed by atoms with Crippen LogP contribution in [0.1, 0.15) is 50.7 Å². The Bertz CT molecular complexity index is 1000. The molecule has 6 atom stereocenters. The molecule has 1 amide bonds. The van der Waals surface area contributed by atoms with Crippen molar-refractivity contribution in [2.75, 3.05) is 0 Å². The Morgan fingerprint density at radius 1 is 1.32 bits per heavy atom. The summed E-state index contributed by atoms with van der Waals surface area (Å²) in [4.78, 5) is 24.4. The Kier molecular flexibility index (Phi) is 4.40. The van der Waals surface area contributed by atoms with Crippen LogP contribution in [-0.2, 0) is 26.2 Å². The van der Waals surface area contributed by atoms with Crippen LogP contribution in [0.3, 0.4) is 0 Å². The second-order valence-electron chi connectivity index (χ2n) is 9.27. The van der Waals surface area contributed by atoms with Crippen LogP contribution in [0, 0.1) is 5.92 Å². The quantitative estimate of drug-likeness (QED) is 0.530. The van der Waals surface area contributed by atoms with E-state index in [1.165, 1.54) is 13.8 Å². The molecule has 1 saturated carbocycles. The molecule has 4 N–H and O–H groups in total. The van der Waals surface area contributed by atoms with Crippen molar-refractivity contribution >= 4 is 11.9 Å². The molecule has 1 spiro atoms. The van der Waals surface area contributed by atoms with Crippen LogP contribution in [0.5, 0.6) is 11.5 Å². The van der Waals surface area contributed by atoms with Crippen molar-refractivity contribution in [2.45, 2.75) is 75.2 Å². The minimum atomic E-state index is -1.24. The van der Waals surface area contributed by atoms with Gasteiger partial charge in [0.15, 0.2) is 17.6 Å². The number of benzene rings is 1. The number of phenols is 1. The maximum absolute atomic E-state index is 12.7. The van der Waals surface area contributed by atoms with Gasteiger partial charge in [0.25, 0.3) is 0 Å². The second-order valence-corrected chi connectivity index (χ2v) is 9.27. The largest absolute Gasteiger partial charge is 0.504 e. The number of carbonyl (C=O) groups is 2. The second kappa shape index (κ2) is 6.71. The lowest BCUT2D eigenvalue weighted by Gasteiger charge is -2.59. The van der Waals surface area contributed by atoms with E-state index in [9.17, 15) is 24.9 Å². The summed E-state index contributed by atoms with van der Waals surface area (Å²) < 4.78 is 11.9. The summed E-state index contributed by atoms with van der Waals surface area (Å²) in [5.41, 5.74) is 0.0841. The van der Waals surface area contributed by atoms with Gasteiger partial charge < -0.3 is 30.1 Å². The van der Waals surface area contributed by atoms with E-state index in [4.69, 9.17) is 9.47 Å². The topological polar surface area (TPSA) is 125 Å². The molecule has 0 saturated heterocycles. The smallest absolute Gasteiger partial charge is 0.333 e. The SMILES string of the molecule is C[C@H](O)C(=O)N[C@@H](C)C(=O)OC1=CC[C@@]2(O)[C@@H]3CCC[C@@]24c2c(ccc(O)c2O[C@@H]14)C3. The highest BCUT2D eigenvalue weighted by Crippen LogP contribution is 2.67. The molecular weight excluding hydrogens is 402 g/mol. The Hall–Kier alpha value is -2.58. The standard InChI is InChI=1S/C23H27NO7/c1-11(24-20(27)12(2)25)21(28)30-16-7-9-23(29)14-4-3-8-22(23)17-13(10-14)5-6-15(26)18(17)31-19(16)22/h5-7,11-12,14,19,25-26,29H,3-4,8-10H2,1-2H3,(H,24,27)/t11-,12-,14+,19-,22-,23+/m0/s1. The molecular formula is C23H27NO7. The summed E-state index contributed by atoms with van der Waals surface area (Å²) in [7, 11) is 0. The number of ether oxygens (including phenoxy) is 2. The average molecular weight is 429 g/mol. The number of hydrogen-bond acceptors (Lipinski definition) is 7. The van der Waals surface area contributed by atoms with Gasteiger partial charge in [0.1, 0.15) is 17.9 Å². The van der Waals surface area contributed by atoms with Gasteiger partial charge in [0.2, 0.25) is 5.91 Å². The molecule has 3 aliphatic carbocycles. The van der Waals surface area contributed by atoms with E-state index in [1.807, 2.05) is 6.07 Å². The number of amides is 1. The predicted molar refractivity (Wildman–Crippen MR) is 108 cm³/mol. The van der Waals surface area contributed by atoms with E-state index in [2.05, 4.69) is 5.32 Å². The Morgan fingerprint density at radius 3 is 2.84 bits per heavy atom. The van der Waals surface area contributed by atoms with Crippen LogP contribution in [0.2, 0.25) is 0 Å². The number of aliphatic hydroxyl groups is 2. The summed E-state index contributed by atoms with van der Waals surface area (Å²) in [5.74, 6) is -0.631. The summed E-state index contributed by atoms with van der Waals surface area (Å²) in [5, 5.41) is 34.2. The van der Waals surface area contributed by atoms with E-state index in [-0.39, 0.29) is 17.4 Å². The Morgan fingerprint density at radius 2 is 2.10 bits per heavy atom. The van der Waals surface area contributed by atoms with Gasteiger partial charge in [-0.15, -0.1) is 0 Å². The highest BCUT2D eigenvalue weighted by Gasteiger charge is 2.70. The fourth-order valence-corrected chi connectivity index (χ4v) is 6.13. The van der Waals surface area contributed by atoms with Crippen LogP contribution < -0.4 is 10.1 Å². The van der Waals surface area contributed by atoms with Gasteiger partial charge in [-0.1, -0.05) is 12.5 Å². The van der Waals surface area contributed by atoms with Crippen molar-refractivity contribution < 1.29 is 34.4 Å². The van der Waals surface area contributed by atoms with E-state index >= 15 is 0 Å². The first-order chi connectivity index (χ1) is 14.7. The number of nitrogens with one attached hydrogen (secondary N) is 1. The van der Waals surface area contributed by atoms with E-state index in [0.717, 1.165) is 30.4 Å². The lowest BCUT2D eigenvalue weighted by molar-refractivity contribution is -0.161. The first-order valence-electron chi connectivity index (χ1n) is 10.8. The van der Waals surface area contributed by atoms with Crippen molar-refractivity contribution in [3.8, 4) is 11.5 Å². The molecule has 1 fully saturated rings. The van der Waals surface area contributed by atoms with Crippen molar-refractivity contribution in [3.63, 3.8) is 0 Å². The molecule has 1 aromatic rings. The summed E-state index contributed by atoms with van der Waals surface area (Å²) >= 11 is 0. The zero-order valence-electron chi connectivity index (χ0n) is 17.6. The van der Waals surface area contributed by atoms with Crippen LogP contribution in [0.25, 0.3) is 0 Å². The molecule has 0 unspecified atom stereocenters. The third-order valence-electron chi connectivity index (χ3n) is 7.57. The number of aliphatic hydroxyl groups excluding tert-OH is 1. The molecule has 31 heavy (non-hydrogen) atoms. The number of hydrogen-bond donors (Lipinski definition) is 4. The average Bonchev–Trinajstić information content (AvgIpc) is 3.06. The fourth-order valence-electron chi connectivity index (χ4n) is 6.13. The Labute approximate surface area is 179 Å². The summed E-state index contributed by atoms with van der Waals surface area (Å²) in [6, 6.07) is 2.54. The maximum Gasteiger partial charge on any atom is 0.333 e. The molecule has 0 radical (unpaired) electrons. The minimum absolute atomic E-state index is 0.0112. The van der Waals surface area contributed by atoms with Gasteiger partial charge in [-0.2, -0.15) is 0 Å². The molecule has 2 bridgehead atoms. The number of carbonyl (C=O) groups excluding carboxylic acids is 2. The normalized spacial score (nSPS) is 34.0. The lowest BCUT2D eigenvalue weighted by Crippen LogP contribution is -2.67. The van der Waals surface area contributed by atoms with Gasteiger partial charge in [0, 0.05) is 5.56 Å². The predicted octanol–water partition coefficient (Wildman–Crippen LogP) is 1.19. The van der Waals surface area contributed by atoms with Gasteiger partial charge in [-0.25, -0.2) is 4.79 Å². The van der Waals surface area contributed by atoms with Crippen molar-refractivity contribution in [2.24, 2.45) is 5.92 Å². The molecule has 5 rings (SSSR count). The third-order valence-corrected chi connectivity index (χ3v) is 7.57. The number of aromatic hydroxyl groups is 1. The van der Waals surface area contributed by atoms with Crippen molar-refractivity contribution in [3.05, 3.63) is 35.1 Å². The van der Waals surface area contributed by atoms with E-state index < -0.39 is 41.1 Å². The highest BCUT2D eigenvalue weighted by molar-refractivity contribution is 5.86. The molecule has 1 aliphatic heterocycles. The van der Waals surface area contributed by atoms with Gasteiger partial charge in [-0.05, 0) is 63.2 Å². The van der Waals surface area contributed by atoms with Crippen LogP contribution >= 0.6 is 0 Å². The first kappa shape index (κ1) is 20.3. The van der Waals surface area contributed by atoms with E-state index in [1.54, 1.807) is 12.1 Å². The van der Waals surface area contributed by atoms with Gasteiger partial charge in [0.05, 0.1) is 11.0 Å². The maximum atomic E-state index is 12.7. The van der Waals surface area contributed by atoms with Crippen molar-refractivity contribution in [1.82, 2.24) is 5.32 Å². The number of esters is 1. The lowest BCUT2D eigenvalue weighted by atomic mass is 9.47. The van der Waals surface area contributed by atoms with Gasteiger partial charge in [-0.3, -0.25) is 4.79 Å². The summed E-state index contributed by atoms with van der Waals surface area (Å²) in [6.07, 6.45) is 3.25. The monoisotopic (exact) mass is 429 g/mol. The molecule has 8 heteroatoms. The zero-order valence-corrected chi connectivity index (χ0v) is 17.6. The molecule has 4 aliphatic rings. The molecule has 166 valence electrons. The van der Waals surface area contributed by atoms with Crippen LogP contribution in [-0.4, -0.2) is 51.0 Å². The zero-order chi connectivity index (χ0) is 22.1. The van der Waals surface area contributed by atoms with Gasteiger partial charge >= 0.3 is 5.97 Å².